The standard InChI is InChI=1S/C11H21N3O4S/c1-3-18-9(15)4-6-13-10(16)8(5-7-19-2)14-11(12)17/h8H,3-7H2,1-2H3,(H,13,16)(H3,12,14,17). The minimum atomic E-state index is -0.744. The van der Waals surface area contributed by atoms with Gasteiger partial charge in [0, 0.05) is 6.54 Å². The average molecular weight is 291 g/mol. The van der Waals surface area contributed by atoms with Crippen molar-refractivity contribution in [2.75, 3.05) is 25.2 Å². The molecule has 110 valence electrons. The SMILES string of the molecule is CCOC(=O)CCNC(=O)C(CCSC)NC(N)=O. The zero-order chi connectivity index (χ0) is 14.7. The summed E-state index contributed by atoms with van der Waals surface area (Å²) in [6.07, 6.45) is 2.49. The van der Waals surface area contributed by atoms with Crippen LogP contribution in [-0.4, -0.2) is 49.1 Å². The van der Waals surface area contributed by atoms with Crippen molar-refractivity contribution in [1.82, 2.24) is 10.6 Å². The van der Waals surface area contributed by atoms with Crippen LogP contribution >= 0.6 is 11.8 Å². The lowest BCUT2D eigenvalue weighted by molar-refractivity contribution is -0.143. The van der Waals surface area contributed by atoms with E-state index in [1.807, 2.05) is 6.26 Å². The molecule has 0 aromatic heterocycles. The van der Waals surface area contributed by atoms with Crippen LogP contribution in [0.4, 0.5) is 4.79 Å². The van der Waals surface area contributed by atoms with E-state index in [0.717, 1.165) is 5.75 Å². The van der Waals surface area contributed by atoms with Crippen molar-refractivity contribution in [2.45, 2.75) is 25.8 Å². The first-order chi connectivity index (χ1) is 9.01. The van der Waals surface area contributed by atoms with Crippen LogP contribution in [-0.2, 0) is 14.3 Å². The van der Waals surface area contributed by atoms with E-state index in [1.54, 1.807) is 18.7 Å². The molecule has 1 unspecified atom stereocenters. The maximum atomic E-state index is 11.8. The van der Waals surface area contributed by atoms with Crippen molar-refractivity contribution in [3.8, 4) is 0 Å². The molecule has 0 bridgehead atoms. The second kappa shape index (κ2) is 10.5. The van der Waals surface area contributed by atoms with Gasteiger partial charge in [-0.3, -0.25) is 9.59 Å². The minimum absolute atomic E-state index is 0.103. The van der Waals surface area contributed by atoms with E-state index in [9.17, 15) is 14.4 Å². The van der Waals surface area contributed by atoms with Crippen LogP contribution in [0.3, 0.4) is 0 Å². The Morgan fingerprint density at radius 1 is 1.37 bits per heavy atom. The van der Waals surface area contributed by atoms with Gasteiger partial charge in [0.15, 0.2) is 0 Å². The number of hydrogen-bond acceptors (Lipinski definition) is 5. The fourth-order valence-electron chi connectivity index (χ4n) is 1.32. The third-order valence-corrected chi connectivity index (χ3v) is 2.82. The molecule has 0 fully saturated rings. The first-order valence-corrected chi connectivity index (χ1v) is 7.38. The Labute approximate surface area is 117 Å². The van der Waals surface area contributed by atoms with Crippen LogP contribution in [0.1, 0.15) is 19.8 Å². The van der Waals surface area contributed by atoms with Gasteiger partial charge in [-0.05, 0) is 25.4 Å². The van der Waals surface area contributed by atoms with E-state index in [-0.39, 0.29) is 24.8 Å². The molecule has 0 saturated heterocycles. The third kappa shape index (κ3) is 9.18. The van der Waals surface area contributed by atoms with Gasteiger partial charge in [0.05, 0.1) is 13.0 Å². The summed E-state index contributed by atoms with van der Waals surface area (Å²) in [5, 5.41) is 4.94. The summed E-state index contributed by atoms with van der Waals surface area (Å²) in [4.78, 5) is 33.7. The molecule has 3 amide bonds. The molecular formula is C11H21N3O4S. The molecule has 0 aromatic rings. The summed E-state index contributed by atoms with van der Waals surface area (Å²) >= 11 is 1.56. The normalized spacial score (nSPS) is 11.5. The Bertz CT molecular complexity index is 312. The predicted molar refractivity (Wildman–Crippen MR) is 73.8 cm³/mol. The van der Waals surface area contributed by atoms with Crippen LogP contribution in [0.25, 0.3) is 0 Å². The number of hydrogen-bond donors (Lipinski definition) is 3. The van der Waals surface area contributed by atoms with E-state index >= 15 is 0 Å². The zero-order valence-corrected chi connectivity index (χ0v) is 12.0. The first-order valence-electron chi connectivity index (χ1n) is 5.99. The summed E-state index contributed by atoms with van der Waals surface area (Å²) in [6, 6.07) is -1.42. The van der Waals surface area contributed by atoms with Crippen LogP contribution in [0.15, 0.2) is 0 Å². The Morgan fingerprint density at radius 2 is 2.05 bits per heavy atom. The van der Waals surface area contributed by atoms with Gasteiger partial charge in [-0.1, -0.05) is 0 Å². The molecule has 0 heterocycles. The van der Waals surface area contributed by atoms with Crippen molar-refractivity contribution in [2.24, 2.45) is 5.73 Å². The predicted octanol–water partition coefficient (Wildman–Crippen LogP) is -0.154. The molecule has 0 aliphatic rings. The van der Waals surface area contributed by atoms with Crippen LogP contribution in [0.5, 0.6) is 0 Å². The van der Waals surface area contributed by atoms with Gasteiger partial charge in [0.1, 0.15) is 6.04 Å². The summed E-state index contributed by atoms with van der Waals surface area (Å²) in [5.41, 5.74) is 5.01. The number of thioether (sulfide) groups is 1. The van der Waals surface area contributed by atoms with Gasteiger partial charge < -0.3 is 21.1 Å². The number of amides is 3. The quantitative estimate of drug-likeness (QED) is 0.511. The molecule has 19 heavy (non-hydrogen) atoms. The molecule has 8 heteroatoms. The second-order valence-corrected chi connectivity index (χ2v) is 4.67. The number of ether oxygens (including phenoxy) is 1. The molecule has 0 rings (SSSR count). The number of carbonyl (C=O) groups is 3. The fraction of sp³-hybridized carbons (Fsp3) is 0.727. The van der Waals surface area contributed by atoms with E-state index in [2.05, 4.69) is 10.6 Å². The van der Waals surface area contributed by atoms with Gasteiger partial charge in [-0.25, -0.2) is 4.79 Å². The largest absolute Gasteiger partial charge is 0.466 e. The topological polar surface area (TPSA) is 111 Å². The number of esters is 1. The van der Waals surface area contributed by atoms with Crippen molar-refractivity contribution in [3.05, 3.63) is 0 Å². The number of urea groups is 1. The Morgan fingerprint density at radius 3 is 2.58 bits per heavy atom. The monoisotopic (exact) mass is 291 g/mol. The van der Waals surface area contributed by atoms with E-state index in [1.165, 1.54) is 0 Å². The van der Waals surface area contributed by atoms with Gasteiger partial charge in [0.2, 0.25) is 5.91 Å². The van der Waals surface area contributed by atoms with Gasteiger partial charge in [-0.2, -0.15) is 11.8 Å². The van der Waals surface area contributed by atoms with Crippen LogP contribution in [0.2, 0.25) is 0 Å². The van der Waals surface area contributed by atoms with Crippen molar-refractivity contribution >= 4 is 29.7 Å². The number of primary amides is 1. The number of nitrogens with one attached hydrogen (secondary N) is 2. The van der Waals surface area contributed by atoms with Crippen molar-refractivity contribution < 1.29 is 19.1 Å². The van der Waals surface area contributed by atoms with E-state index < -0.39 is 12.1 Å². The highest BCUT2D eigenvalue weighted by Gasteiger charge is 2.19. The number of nitrogens with two attached hydrogens (primary N) is 1. The highest BCUT2D eigenvalue weighted by atomic mass is 32.2. The van der Waals surface area contributed by atoms with E-state index in [0.29, 0.717) is 13.0 Å². The van der Waals surface area contributed by atoms with Gasteiger partial charge in [0.25, 0.3) is 0 Å². The van der Waals surface area contributed by atoms with Crippen molar-refractivity contribution in [1.29, 1.82) is 0 Å². The molecular weight excluding hydrogens is 270 g/mol. The molecule has 4 N–H and O–H groups in total. The third-order valence-electron chi connectivity index (χ3n) is 2.18. The van der Waals surface area contributed by atoms with E-state index in [4.69, 9.17) is 10.5 Å². The molecule has 7 nitrogen and oxygen atoms in total. The summed E-state index contributed by atoms with van der Waals surface area (Å²) in [6.45, 7) is 2.20. The minimum Gasteiger partial charge on any atom is -0.466 e. The lowest BCUT2D eigenvalue weighted by Crippen LogP contribution is -2.49. The maximum absolute atomic E-state index is 11.8. The highest BCUT2D eigenvalue weighted by Crippen LogP contribution is 2.01. The summed E-state index contributed by atoms with van der Waals surface area (Å²) < 4.78 is 4.73. The molecule has 1 atom stereocenters. The van der Waals surface area contributed by atoms with Crippen molar-refractivity contribution in [3.63, 3.8) is 0 Å². The zero-order valence-electron chi connectivity index (χ0n) is 11.2. The highest BCUT2D eigenvalue weighted by molar-refractivity contribution is 7.98. The van der Waals surface area contributed by atoms with Crippen LogP contribution in [0, 0.1) is 0 Å². The summed E-state index contributed by atoms with van der Waals surface area (Å²) in [7, 11) is 0. The lowest BCUT2D eigenvalue weighted by Gasteiger charge is -2.16. The smallest absolute Gasteiger partial charge is 0.312 e. The van der Waals surface area contributed by atoms with Gasteiger partial charge >= 0.3 is 12.0 Å². The lowest BCUT2D eigenvalue weighted by atomic mass is 10.2. The Kier molecular flexibility index (Phi) is 9.69. The Hall–Kier alpha value is -1.44. The Balaban J connectivity index is 4.08. The summed E-state index contributed by atoms with van der Waals surface area (Å²) in [5.74, 6) is -0.000512. The number of rotatable bonds is 9. The maximum Gasteiger partial charge on any atom is 0.312 e. The number of carbonyl (C=O) groups excluding carboxylic acids is 3. The fourth-order valence-corrected chi connectivity index (χ4v) is 1.79. The molecule has 0 aliphatic carbocycles. The van der Waals surface area contributed by atoms with Crippen LogP contribution < -0.4 is 16.4 Å². The molecule has 0 radical (unpaired) electrons. The average Bonchev–Trinajstić information content (AvgIpc) is 2.34. The second-order valence-electron chi connectivity index (χ2n) is 3.69. The molecule has 0 spiro atoms. The molecule has 0 aromatic carbocycles. The molecule has 0 saturated carbocycles. The van der Waals surface area contributed by atoms with Gasteiger partial charge in [-0.15, -0.1) is 0 Å². The first kappa shape index (κ1) is 17.6. The molecule has 0 aliphatic heterocycles.